The van der Waals surface area contributed by atoms with Crippen molar-refractivity contribution in [3.05, 3.63) is 77.4 Å². The first-order chi connectivity index (χ1) is 11.1. The number of esters is 1. The van der Waals surface area contributed by atoms with Crippen LogP contribution in [0.5, 0.6) is 0 Å². The fourth-order valence-corrected chi connectivity index (χ4v) is 3.49. The van der Waals surface area contributed by atoms with Gasteiger partial charge in [0.2, 0.25) is 0 Å². The van der Waals surface area contributed by atoms with Gasteiger partial charge < -0.3 is 4.74 Å². The zero-order chi connectivity index (χ0) is 16.4. The number of benzene rings is 2. The van der Waals surface area contributed by atoms with Crippen molar-refractivity contribution in [3.8, 4) is 0 Å². The predicted octanol–water partition coefficient (Wildman–Crippen LogP) is 4.61. The summed E-state index contributed by atoms with van der Waals surface area (Å²) >= 11 is 0. The summed E-state index contributed by atoms with van der Waals surface area (Å²) in [4.78, 5) is 12.8. The minimum absolute atomic E-state index is 0.182. The topological polar surface area (TPSA) is 26.3 Å². The van der Waals surface area contributed by atoms with Crippen LogP contribution in [0.1, 0.15) is 31.4 Å². The summed E-state index contributed by atoms with van der Waals surface area (Å²) in [5.74, 6) is 0.303. The van der Waals surface area contributed by atoms with E-state index in [1.165, 1.54) is 12.7 Å². The molecule has 2 nitrogen and oxygen atoms in total. The molecule has 0 bridgehead atoms. The molecule has 0 N–H and O–H groups in total. The summed E-state index contributed by atoms with van der Waals surface area (Å²) in [7, 11) is 1.47. The second-order valence-corrected chi connectivity index (χ2v) is 6.43. The van der Waals surface area contributed by atoms with E-state index >= 15 is 0 Å². The Balaban J connectivity index is 2.15. The molecule has 1 aliphatic rings. The Morgan fingerprint density at radius 3 is 2.09 bits per heavy atom. The van der Waals surface area contributed by atoms with Crippen LogP contribution in [0, 0.1) is 5.92 Å². The van der Waals surface area contributed by atoms with Crippen LogP contribution in [-0.4, -0.2) is 13.1 Å². The number of carbonyl (C=O) groups excluding carboxylic acids is 1. The molecule has 0 heterocycles. The number of carbonyl (C=O) groups is 1. The summed E-state index contributed by atoms with van der Waals surface area (Å²) in [6.07, 6.45) is 0.897. The van der Waals surface area contributed by atoms with Gasteiger partial charge in [0.25, 0.3) is 0 Å². The molecule has 0 fully saturated rings. The number of ether oxygens (including phenoxy) is 1. The highest BCUT2D eigenvalue weighted by molar-refractivity contribution is 6.15. The van der Waals surface area contributed by atoms with Crippen LogP contribution in [-0.2, 0) is 14.9 Å². The Bertz CT molecular complexity index is 729. The molecule has 0 amide bonds. The number of methoxy groups -OCH3 is 1. The first kappa shape index (κ1) is 15.5. The van der Waals surface area contributed by atoms with Crippen molar-refractivity contribution in [2.24, 2.45) is 5.92 Å². The van der Waals surface area contributed by atoms with Gasteiger partial charge in [0.15, 0.2) is 0 Å². The Hall–Kier alpha value is -2.35. The standard InChI is InChI=1S/C21H22O2/c1-15(2)14-18-19(16-10-6-4-7-11-16)21(18,20(22)23-3)17-12-8-5-9-13-17/h4-13,15H,14H2,1-3H3/t21-/m0/s1. The van der Waals surface area contributed by atoms with E-state index in [4.69, 9.17) is 4.74 Å². The lowest BCUT2D eigenvalue weighted by atomic mass is 9.84. The first-order valence-corrected chi connectivity index (χ1v) is 8.05. The smallest absolute Gasteiger partial charge is 0.325 e. The Labute approximate surface area is 137 Å². The molecule has 0 aromatic heterocycles. The molecule has 1 atom stereocenters. The highest BCUT2D eigenvalue weighted by atomic mass is 16.5. The largest absolute Gasteiger partial charge is 0.468 e. The SMILES string of the molecule is COC(=O)[C@@]1(c2ccccc2)C(CC(C)C)=C1c1ccccc1. The minimum Gasteiger partial charge on any atom is -0.468 e. The molecule has 0 aliphatic heterocycles. The zero-order valence-corrected chi connectivity index (χ0v) is 13.9. The third kappa shape index (κ3) is 2.48. The van der Waals surface area contributed by atoms with Gasteiger partial charge in [-0.15, -0.1) is 0 Å². The lowest BCUT2D eigenvalue weighted by Gasteiger charge is -2.19. The van der Waals surface area contributed by atoms with Crippen molar-refractivity contribution in [1.29, 1.82) is 0 Å². The number of hydrogen-bond acceptors (Lipinski definition) is 2. The molecule has 3 rings (SSSR count). The van der Waals surface area contributed by atoms with E-state index in [0.717, 1.165) is 23.1 Å². The highest BCUT2D eigenvalue weighted by Crippen LogP contribution is 2.62. The molecule has 0 saturated heterocycles. The fraction of sp³-hybridized carbons (Fsp3) is 0.286. The van der Waals surface area contributed by atoms with Gasteiger partial charge in [0.05, 0.1) is 7.11 Å². The summed E-state index contributed by atoms with van der Waals surface area (Å²) in [6, 6.07) is 20.1. The first-order valence-electron chi connectivity index (χ1n) is 8.05. The van der Waals surface area contributed by atoms with E-state index in [0.29, 0.717) is 5.92 Å². The van der Waals surface area contributed by atoms with E-state index in [9.17, 15) is 4.79 Å². The summed E-state index contributed by atoms with van der Waals surface area (Å²) in [5, 5.41) is 0. The molecular formula is C21H22O2. The summed E-state index contributed by atoms with van der Waals surface area (Å²) < 4.78 is 5.21. The second-order valence-electron chi connectivity index (χ2n) is 6.43. The van der Waals surface area contributed by atoms with Crippen molar-refractivity contribution in [2.75, 3.05) is 7.11 Å². The van der Waals surface area contributed by atoms with Gasteiger partial charge in [-0.3, -0.25) is 4.79 Å². The van der Waals surface area contributed by atoms with E-state index in [1.54, 1.807) is 0 Å². The van der Waals surface area contributed by atoms with E-state index in [2.05, 4.69) is 26.0 Å². The maximum atomic E-state index is 12.8. The van der Waals surface area contributed by atoms with Crippen LogP contribution >= 0.6 is 0 Å². The Kier molecular flexibility index (Phi) is 4.08. The predicted molar refractivity (Wildman–Crippen MR) is 93.0 cm³/mol. The van der Waals surface area contributed by atoms with Gasteiger partial charge in [-0.05, 0) is 34.6 Å². The molecule has 0 saturated carbocycles. The molecule has 23 heavy (non-hydrogen) atoms. The molecule has 2 aromatic carbocycles. The van der Waals surface area contributed by atoms with Gasteiger partial charge >= 0.3 is 5.97 Å². The van der Waals surface area contributed by atoms with Crippen LogP contribution in [0.4, 0.5) is 0 Å². The normalized spacial score (nSPS) is 19.8. The molecule has 0 spiro atoms. The average Bonchev–Trinajstić information content (AvgIpc) is 3.24. The Morgan fingerprint density at radius 1 is 1.00 bits per heavy atom. The minimum atomic E-state index is -0.707. The molecular weight excluding hydrogens is 284 g/mol. The van der Waals surface area contributed by atoms with Crippen molar-refractivity contribution in [3.63, 3.8) is 0 Å². The van der Waals surface area contributed by atoms with Crippen molar-refractivity contribution < 1.29 is 9.53 Å². The molecule has 1 aliphatic carbocycles. The van der Waals surface area contributed by atoms with Crippen molar-refractivity contribution >= 4 is 11.5 Å². The Morgan fingerprint density at radius 2 is 1.57 bits per heavy atom. The quantitative estimate of drug-likeness (QED) is 0.754. The lowest BCUT2D eigenvalue weighted by Crippen LogP contribution is -2.27. The summed E-state index contributed by atoms with van der Waals surface area (Å²) in [5.41, 5.74) is 3.71. The third-order valence-electron chi connectivity index (χ3n) is 4.44. The van der Waals surface area contributed by atoms with E-state index < -0.39 is 5.41 Å². The van der Waals surface area contributed by atoms with Crippen LogP contribution in [0.25, 0.3) is 5.57 Å². The van der Waals surface area contributed by atoms with Crippen LogP contribution in [0.15, 0.2) is 66.2 Å². The van der Waals surface area contributed by atoms with Crippen molar-refractivity contribution in [2.45, 2.75) is 25.7 Å². The molecule has 2 heteroatoms. The van der Waals surface area contributed by atoms with Crippen LogP contribution in [0.3, 0.4) is 0 Å². The molecule has 0 radical (unpaired) electrons. The van der Waals surface area contributed by atoms with Gasteiger partial charge in [-0.1, -0.05) is 74.5 Å². The highest BCUT2D eigenvalue weighted by Gasteiger charge is 2.61. The summed E-state index contributed by atoms with van der Waals surface area (Å²) in [6.45, 7) is 4.36. The average molecular weight is 306 g/mol. The maximum absolute atomic E-state index is 12.8. The lowest BCUT2D eigenvalue weighted by molar-refractivity contribution is -0.142. The number of rotatable bonds is 5. The second kappa shape index (κ2) is 6.04. The zero-order valence-electron chi connectivity index (χ0n) is 13.9. The van der Waals surface area contributed by atoms with Crippen molar-refractivity contribution in [1.82, 2.24) is 0 Å². The van der Waals surface area contributed by atoms with Gasteiger partial charge in [-0.25, -0.2) is 0 Å². The van der Waals surface area contributed by atoms with Gasteiger partial charge in [0.1, 0.15) is 5.41 Å². The fourth-order valence-electron chi connectivity index (χ4n) is 3.49. The van der Waals surface area contributed by atoms with E-state index in [-0.39, 0.29) is 5.97 Å². The van der Waals surface area contributed by atoms with Crippen LogP contribution < -0.4 is 0 Å². The monoisotopic (exact) mass is 306 g/mol. The van der Waals surface area contributed by atoms with Crippen LogP contribution in [0.2, 0.25) is 0 Å². The maximum Gasteiger partial charge on any atom is 0.325 e. The van der Waals surface area contributed by atoms with E-state index in [1.807, 2.05) is 48.5 Å². The number of hydrogen-bond donors (Lipinski definition) is 0. The molecule has 0 unspecified atom stereocenters. The van der Waals surface area contributed by atoms with Gasteiger partial charge in [0, 0.05) is 0 Å². The van der Waals surface area contributed by atoms with Gasteiger partial charge in [-0.2, -0.15) is 0 Å². The molecule has 2 aromatic rings. The molecule has 118 valence electrons. The third-order valence-corrected chi connectivity index (χ3v) is 4.44.